The molecule has 0 radical (unpaired) electrons. The molecular weight excluding hydrogens is 220 g/mol. The van der Waals surface area contributed by atoms with Gasteiger partial charge < -0.3 is 0 Å². The number of rotatable bonds is 5. The van der Waals surface area contributed by atoms with E-state index in [1.807, 2.05) is 19.1 Å². The minimum absolute atomic E-state index is 0.300. The van der Waals surface area contributed by atoms with Crippen molar-refractivity contribution >= 4 is 9.84 Å². The van der Waals surface area contributed by atoms with Crippen LogP contribution in [0.25, 0.3) is 0 Å². The second-order valence-electron chi connectivity index (χ2n) is 4.12. The number of hydrogen-bond acceptors (Lipinski definition) is 2. The van der Waals surface area contributed by atoms with Gasteiger partial charge in [0.15, 0.2) is 9.84 Å². The van der Waals surface area contributed by atoms with E-state index in [0.29, 0.717) is 11.3 Å². The first-order chi connectivity index (χ1) is 7.54. The van der Waals surface area contributed by atoms with Crippen molar-refractivity contribution in [1.82, 2.24) is 0 Å². The minimum atomic E-state index is -3.14. The molecule has 1 atom stereocenters. The van der Waals surface area contributed by atoms with Gasteiger partial charge in [-0.05, 0) is 31.4 Å². The Morgan fingerprint density at radius 1 is 1.19 bits per heavy atom. The highest BCUT2D eigenvalue weighted by molar-refractivity contribution is 7.92. The second kappa shape index (κ2) is 5.48. The monoisotopic (exact) mass is 240 g/mol. The van der Waals surface area contributed by atoms with Crippen LogP contribution < -0.4 is 0 Å². The Kier molecular flexibility index (Phi) is 4.54. The first-order valence-electron chi connectivity index (χ1n) is 5.85. The smallest absolute Gasteiger partial charge is 0.181 e. The van der Waals surface area contributed by atoms with Crippen molar-refractivity contribution in [3.8, 4) is 0 Å². The molecule has 0 bridgehead atoms. The molecule has 16 heavy (non-hydrogen) atoms. The molecule has 2 nitrogen and oxygen atoms in total. The van der Waals surface area contributed by atoms with E-state index < -0.39 is 9.84 Å². The lowest BCUT2D eigenvalue weighted by atomic mass is 10.1. The highest BCUT2D eigenvalue weighted by Crippen LogP contribution is 2.22. The summed E-state index contributed by atoms with van der Waals surface area (Å²) in [5.41, 5.74) is 0.949. The number of benzene rings is 1. The summed E-state index contributed by atoms with van der Waals surface area (Å²) < 4.78 is 24.5. The average Bonchev–Trinajstić information content (AvgIpc) is 2.29. The number of aryl methyl sites for hydroxylation is 1. The quantitative estimate of drug-likeness (QED) is 0.792. The van der Waals surface area contributed by atoms with Crippen molar-refractivity contribution in [2.24, 2.45) is 0 Å². The molecule has 0 saturated carbocycles. The van der Waals surface area contributed by atoms with Crippen molar-refractivity contribution in [1.29, 1.82) is 0 Å². The Hall–Kier alpha value is -0.830. The van der Waals surface area contributed by atoms with Gasteiger partial charge in [0, 0.05) is 0 Å². The molecule has 1 unspecified atom stereocenters. The number of sulfone groups is 1. The third kappa shape index (κ3) is 2.64. The molecule has 0 aliphatic heterocycles. The summed E-state index contributed by atoms with van der Waals surface area (Å²) in [5, 5.41) is -0.300. The van der Waals surface area contributed by atoms with E-state index in [-0.39, 0.29) is 5.25 Å². The zero-order chi connectivity index (χ0) is 12.2. The van der Waals surface area contributed by atoms with E-state index in [1.165, 1.54) is 0 Å². The van der Waals surface area contributed by atoms with Gasteiger partial charge in [-0.3, -0.25) is 0 Å². The lowest BCUT2D eigenvalue weighted by Gasteiger charge is -2.14. The van der Waals surface area contributed by atoms with Crippen LogP contribution in [0.2, 0.25) is 0 Å². The van der Waals surface area contributed by atoms with Gasteiger partial charge in [0.1, 0.15) is 0 Å². The van der Waals surface area contributed by atoms with Crippen LogP contribution in [-0.2, 0) is 16.3 Å². The van der Waals surface area contributed by atoms with Gasteiger partial charge in [0.2, 0.25) is 0 Å². The molecule has 0 aromatic heterocycles. The van der Waals surface area contributed by atoms with Gasteiger partial charge in [-0.25, -0.2) is 8.42 Å². The molecule has 0 aliphatic carbocycles. The molecule has 0 spiro atoms. The maximum atomic E-state index is 12.3. The maximum absolute atomic E-state index is 12.3. The van der Waals surface area contributed by atoms with Gasteiger partial charge in [-0.2, -0.15) is 0 Å². The van der Waals surface area contributed by atoms with Gasteiger partial charge in [-0.15, -0.1) is 0 Å². The molecule has 0 saturated heterocycles. The maximum Gasteiger partial charge on any atom is 0.181 e. The molecule has 0 fully saturated rings. The lowest BCUT2D eigenvalue weighted by Crippen LogP contribution is -2.18. The average molecular weight is 240 g/mol. The highest BCUT2D eigenvalue weighted by atomic mass is 32.2. The summed E-state index contributed by atoms with van der Waals surface area (Å²) in [6.07, 6.45) is 2.45. The lowest BCUT2D eigenvalue weighted by molar-refractivity contribution is 0.579. The molecule has 0 aliphatic rings. The standard InChI is InChI=1S/C13H20O2S/c1-4-8-12-9-6-7-10-13(12)16(14,15)11(3)5-2/h6-7,9-11H,4-5,8H2,1-3H3. The summed E-state index contributed by atoms with van der Waals surface area (Å²) in [6.45, 7) is 5.75. The predicted molar refractivity (Wildman–Crippen MR) is 67.4 cm³/mol. The highest BCUT2D eigenvalue weighted by Gasteiger charge is 2.23. The molecule has 0 heterocycles. The Labute approximate surface area is 98.6 Å². The van der Waals surface area contributed by atoms with Crippen LogP contribution >= 0.6 is 0 Å². The van der Waals surface area contributed by atoms with E-state index in [0.717, 1.165) is 18.4 Å². The molecule has 1 rings (SSSR count). The Balaban J connectivity index is 3.22. The normalized spacial score (nSPS) is 13.7. The second-order valence-corrected chi connectivity index (χ2v) is 6.46. The van der Waals surface area contributed by atoms with Gasteiger partial charge in [0.25, 0.3) is 0 Å². The molecule has 3 heteroatoms. The van der Waals surface area contributed by atoms with Crippen molar-refractivity contribution in [3.05, 3.63) is 29.8 Å². The van der Waals surface area contributed by atoms with Crippen molar-refractivity contribution in [3.63, 3.8) is 0 Å². The van der Waals surface area contributed by atoms with E-state index in [9.17, 15) is 8.42 Å². The molecule has 0 amide bonds. The Morgan fingerprint density at radius 2 is 1.81 bits per heavy atom. The Morgan fingerprint density at radius 3 is 2.38 bits per heavy atom. The Bertz CT molecular complexity index is 435. The topological polar surface area (TPSA) is 34.1 Å². The first-order valence-corrected chi connectivity index (χ1v) is 7.40. The van der Waals surface area contributed by atoms with Crippen LogP contribution in [0.3, 0.4) is 0 Å². The fourth-order valence-electron chi connectivity index (χ4n) is 1.69. The third-order valence-corrected chi connectivity index (χ3v) is 5.31. The molecular formula is C13H20O2S. The summed E-state index contributed by atoms with van der Waals surface area (Å²) in [5.74, 6) is 0. The van der Waals surface area contributed by atoms with Gasteiger partial charge in [0.05, 0.1) is 10.1 Å². The summed E-state index contributed by atoms with van der Waals surface area (Å²) in [7, 11) is -3.14. The molecule has 1 aromatic rings. The minimum Gasteiger partial charge on any atom is -0.223 e. The van der Waals surface area contributed by atoms with Crippen molar-refractivity contribution in [2.75, 3.05) is 0 Å². The zero-order valence-corrected chi connectivity index (χ0v) is 11.0. The molecule has 1 aromatic carbocycles. The van der Waals surface area contributed by atoms with Crippen LogP contribution in [0.15, 0.2) is 29.2 Å². The molecule has 0 N–H and O–H groups in total. The third-order valence-electron chi connectivity index (χ3n) is 2.90. The van der Waals surface area contributed by atoms with E-state index >= 15 is 0 Å². The number of hydrogen-bond donors (Lipinski definition) is 0. The van der Waals surface area contributed by atoms with Crippen LogP contribution in [-0.4, -0.2) is 13.7 Å². The summed E-state index contributed by atoms with van der Waals surface area (Å²) in [6, 6.07) is 7.35. The van der Waals surface area contributed by atoms with E-state index in [4.69, 9.17) is 0 Å². The fourth-order valence-corrected chi connectivity index (χ4v) is 3.37. The van der Waals surface area contributed by atoms with Crippen LogP contribution in [0, 0.1) is 0 Å². The van der Waals surface area contributed by atoms with Gasteiger partial charge in [-0.1, -0.05) is 38.5 Å². The van der Waals surface area contributed by atoms with Gasteiger partial charge >= 0.3 is 0 Å². The van der Waals surface area contributed by atoms with E-state index in [2.05, 4.69) is 6.92 Å². The SMILES string of the molecule is CCCc1ccccc1S(=O)(=O)C(C)CC. The van der Waals surface area contributed by atoms with Crippen LogP contribution in [0.4, 0.5) is 0 Å². The molecule has 90 valence electrons. The van der Waals surface area contributed by atoms with Crippen LogP contribution in [0.5, 0.6) is 0 Å². The largest absolute Gasteiger partial charge is 0.223 e. The van der Waals surface area contributed by atoms with Crippen molar-refractivity contribution in [2.45, 2.75) is 50.2 Å². The van der Waals surface area contributed by atoms with Crippen molar-refractivity contribution < 1.29 is 8.42 Å². The predicted octanol–water partition coefficient (Wildman–Crippen LogP) is 3.21. The summed E-state index contributed by atoms with van der Waals surface area (Å²) in [4.78, 5) is 0.520. The first kappa shape index (κ1) is 13.2. The van der Waals surface area contributed by atoms with E-state index in [1.54, 1.807) is 19.1 Å². The summed E-state index contributed by atoms with van der Waals surface area (Å²) >= 11 is 0. The van der Waals surface area contributed by atoms with Crippen LogP contribution in [0.1, 0.15) is 39.2 Å². The fraction of sp³-hybridized carbons (Fsp3) is 0.538. The zero-order valence-electron chi connectivity index (χ0n) is 10.2.